The van der Waals surface area contributed by atoms with E-state index in [-0.39, 0.29) is 11.9 Å². The van der Waals surface area contributed by atoms with Crippen LogP contribution in [0, 0.1) is 0 Å². The summed E-state index contributed by atoms with van der Waals surface area (Å²) in [5, 5.41) is 11.6. The van der Waals surface area contributed by atoms with E-state index in [1.54, 1.807) is 0 Å². The van der Waals surface area contributed by atoms with E-state index in [9.17, 15) is 4.79 Å². The van der Waals surface area contributed by atoms with Crippen molar-refractivity contribution < 1.29 is 9.53 Å². The third kappa shape index (κ3) is 4.33. The van der Waals surface area contributed by atoms with Crippen molar-refractivity contribution in [2.45, 2.75) is 26.3 Å². The zero-order valence-electron chi connectivity index (χ0n) is 14.7. The van der Waals surface area contributed by atoms with Gasteiger partial charge in [0.05, 0.1) is 18.9 Å². The van der Waals surface area contributed by atoms with E-state index in [0.29, 0.717) is 5.56 Å². The normalized spacial score (nSPS) is 15.7. The van der Waals surface area contributed by atoms with E-state index < -0.39 is 0 Å². The van der Waals surface area contributed by atoms with Gasteiger partial charge in [-0.15, -0.1) is 10.2 Å². The first kappa shape index (κ1) is 17.4. The second kappa shape index (κ2) is 8.07. The number of hydrogen-bond acceptors (Lipinski definition) is 5. The van der Waals surface area contributed by atoms with Crippen molar-refractivity contribution in [1.29, 1.82) is 0 Å². The fraction of sp³-hybridized carbons (Fsp3) is 0.421. The molecule has 6 heteroatoms. The summed E-state index contributed by atoms with van der Waals surface area (Å²) in [7, 11) is 0. The number of carbonyl (C=O) groups excluding carboxylic acids is 1. The van der Waals surface area contributed by atoms with Crippen molar-refractivity contribution >= 4 is 11.7 Å². The molecule has 3 rings (SSSR count). The van der Waals surface area contributed by atoms with Gasteiger partial charge in [-0.1, -0.05) is 19.1 Å². The van der Waals surface area contributed by atoms with E-state index in [4.69, 9.17) is 4.74 Å². The van der Waals surface area contributed by atoms with Crippen LogP contribution in [0.25, 0.3) is 11.3 Å². The third-order valence-electron chi connectivity index (χ3n) is 4.42. The van der Waals surface area contributed by atoms with Crippen LogP contribution in [0.1, 0.15) is 30.6 Å². The second-order valence-electron chi connectivity index (χ2n) is 6.24. The highest BCUT2D eigenvalue weighted by Crippen LogP contribution is 2.19. The predicted octanol–water partition coefficient (Wildman–Crippen LogP) is 2.51. The Morgan fingerprint density at radius 1 is 1.16 bits per heavy atom. The molecule has 1 N–H and O–H groups in total. The maximum Gasteiger partial charge on any atom is 0.251 e. The first-order valence-electron chi connectivity index (χ1n) is 8.75. The Bertz CT molecular complexity index is 694. The van der Waals surface area contributed by atoms with Gasteiger partial charge in [0.1, 0.15) is 0 Å². The highest BCUT2D eigenvalue weighted by atomic mass is 16.5. The van der Waals surface area contributed by atoms with Crippen LogP contribution in [0.3, 0.4) is 0 Å². The lowest BCUT2D eigenvalue weighted by molar-refractivity contribution is 0.0939. The monoisotopic (exact) mass is 340 g/mol. The molecular weight excluding hydrogens is 316 g/mol. The summed E-state index contributed by atoms with van der Waals surface area (Å²) in [6.45, 7) is 7.18. The average Bonchev–Trinajstić information content (AvgIpc) is 2.69. The molecule has 1 aliphatic rings. The number of rotatable bonds is 5. The molecule has 6 nitrogen and oxygen atoms in total. The number of anilines is 1. The highest BCUT2D eigenvalue weighted by Gasteiger charge is 2.13. The SMILES string of the molecule is CCC(C)NC(=O)c1ccc(-c2ccc(N3CCOCC3)nn2)cc1. The molecule has 1 saturated heterocycles. The van der Waals surface area contributed by atoms with Crippen molar-refractivity contribution in [2.75, 3.05) is 31.2 Å². The molecule has 2 heterocycles. The van der Waals surface area contributed by atoms with Crippen LogP contribution >= 0.6 is 0 Å². The molecule has 0 aliphatic carbocycles. The van der Waals surface area contributed by atoms with Crippen LogP contribution < -0.4 is 10.2 Å². The molecule has 25 heavy (non-hydrogen) atoms. The van der Waals surface area contributed by atoms with Crippen LogP contribution in [0.2, 0.25) is 0 Å². The molecule has 1 atom stereocenters. The summed E-state index contributed by atoms with van der Waals surface area (Å²) in [4.78, 5) is 14.3. The molecule has 0 saturated carbocycles. The van der Waals surface area contributed by atoms with E-state index in [1.165, 1.54) is 0 Å². The summed E-state index contributed by atoms with van der Waals surface area (Å²) in [6, 6.07) is 11.6. The quantitative estimate of drug-likeness (QED) is 0.906. The molecule has 0 radical (unpaired) electrons. The lowest BCUT2D eigenvalue weighted by atomic mass is 10.1. The molecule has 1 fully saturated rings. The summed E-state index contributed by atoms with van der Waals surface area (Å²) in [5.41, 5.74) is 2.40. The number of benzene rings is 1. The minimum absolute atomic E-state index is 0.0466. The predicted molar refractivity (Wildman–Crippen MR) is 97.7 cm³/mol. The van der Waals surface area contributed by atoms with E-state index in [1.807, 2.05) is 50.2 Å². The van der Waals surface area contributed by atoms with E-state index in [0.717, 1.165) is 49.8 Å². The molecule has 1 aromatic carbocycles. The standard InChI is InChI=1S/C19H24N4O2/c1-3-14(2)20-19(24)16-6-4-15(5-7-16)17-8-9-18(22-21-17)23-10-12-25-13-11-23/h4-9,14H,3,10-13H2,1-2H3,(H,20,24). The van der Waals surface area contributed by atoms with E-state index in [2.05, 4.69) is 20.4 Å². The van der Waals surface area contributed by atoms with Gasteiger partial charge < -0.3 is 15.0 Å². The minimum atomic E-state index is -0.0466. The van der Waals surface area contributed by atoms with Crippen LogP contribution in [-0.4, -0.2) is 48.4 Å². The lowest BCUT2D eigenvalue weighted by Gasteiger charge is -2.27. The lowest BCUT2D eigenvalue weighted by Crippen LogP contribution is -2.36. The topological polar surface area (TPSA) is 67.4 Å². The zero-order valence-corrected chi connectivity index (χ0v) is 14.7. The molecule has 132 valence electrons. The van der Waals surface area contributed by atoms with Gasteiger partial charge >= 0.3 is 0 Å². The summed E-state index contributed by atoms with van der Waals surface area (Å²) < 4.78 is 5.35. The number of morpholine rings is 1. The average molecular weight is 340 g/mol. The molecule has 1 aliphatic heterocycles. The molecule has 0 bridgehead atoms. The first-order valence-corrected chi connectivity index (χ1v) is 8.75. The maximum atomic E-state index is 12.1. The van der Waals surface area contributed by atoms with Gasteiger partial charge in [0.15, 0.2) is 5.82 Å². The summed E-state index contributed by atoms with van der Waals surface area (Å²) in [6.07, 6.45) is 0.912. The Balaban J connectivity index is 1.68. The summed E-state index contributed by atoms with van der Waals surface area (Å²) >= 11 is 0. The van der Waals surface area contributed by atoms with Gasteiger partial charge in [-0.3, -0.25) is 4.79 Å². The second-order valence-corrected chi connectivity index (χ2v) is 6.24. The minimum Gasteiger partial charge on any atom is -0.378 e. The fourth-order valence-corrected chi connectivity index (χ4v) is 2.64. The van der Waals surface area contributed by atoms with Crippen molar-refractivity contribution in [1.82, 2.24) is 15.5 Å². The number of aromatic nitrogens is 2. The van der Waals surface area contributed by atoms with Gasteiger partial charge in [0, 0.05) is 30.3 Å². The van der Waals surface area contributed by atoms with Crippen LogP contribution in [0.5, 0.6) is 0 Å². The zero-order chi connectivity index (χ0) is 17.6. The maximum absolute atomic E-state index is 12.1. The number of carbonyl (C=O) groups is 1. The van der Waals surface area contributed by atoms with Gasteiger partial charge in [-0.2, -0.15) is 0 Å². The first-order chi connectivity index (χ1) is 12.2. The number of ether oxygens (including phenoxy) is 1. The van der Waals surface area contributed by atoms with Gasteiger partial charge in [0.25, 0.3) is 5.91 Å². The molecule has 1 amide bonds. The molecule has 1 unspecified atom stereocenters. The van der Waals surface area contributed by atoms with Crippen LogP contribution in [0.15, 0.2) is 36.4 Å². The van der Waals surface area contributed by atoms with Gasteiger partial charge in [-0.05, 0) is 37.6 Å². The van der Waals surface area contributed by atoms with E-state index >= 15 is 0 Å². The highest BCUT2D eigenvalue weighted by molar-refractivity contribution is 5.94. The molecule has 1 aromatic heterocycles. The van der Waals surface area contributed by atoms with Gasteiger partial charge in [0.2, 0.25) is 0 Å². The number of nitrogens with one attached hydrogen (secondary N) is 1. The summed E-state index contributed by atoms with van der Waals surface area (Å²) in [5.74, 6) is 0.825. The molecule has 0 spiro atoms. The fourth-order valence-electron chi connectivity index (χ4n) is 2.64. The van der Waals surface area contributed by atoms with Crippen molar-refractivity contribution in [3.63, 3.8) is 0 Å². The van der Waals surface area contributed by atoms with Gasteiger partial charge in [-0.25, -0.2) is 0 Å². The largest absolute Gasteiger partial charge is 0.378 e. The Morgan fingerprint density at radius 2 is 1.88 bits per heavy atom. The molecule has 2 aromatic rings. The third-order valence-corrected chi connectivity index (χ3v) is 4.42. The van der Waals surface area contributed by atoms with Crippen molar-refractivity contribution in [3.8, 4) is 11.3 Å². The number of amides is 1. The Kier molecular flexibility index (Phi) is 5.60. The van der Waals surface area contributed by atoms with Crippen molar-refractivity contribution in [3.05, 3.63) is 42.0 Å². The smallest absolute Gasteiger partial charge is 0.251 e. The Morgan fingerprint density at radius 3 is 2.48 bits per heavy atom. The Labute approximate surface area is 148 Å². The van der Waals surface area contributed by atoms with Crippen molar-refractivity contribution in [2.24, 2.45) is 0 Å². The van der Waals surface area contributed by atoms with Crippen LogP contribution in [-0.2, 0) is 4.74 Å². The van der Waals surface area contributed by atoms with Crippen LogP contribution in [0.4, 0.5) is 5.82 Å². The Hall–Kier alpha value is -2.47. The number of hydrogen-bond donors (Lipinski definition) is 1. The molecular formula is C19H24N4O2. The number of nitrogens with zero attached hydrogens (tertiary/aromatic N) is 3.